The minimum Gasteiger partial charge on any atom is -0.282 e. The Morgan fingerprint density at radius 2 is 2.00 bits per heavy atom. The highest BCUT2D eigenvalue weighted by molar-refractivity contribution is 7.88. The Kier molecular flexibility index (Phi) is 3.73. The molecule has 0 aliphatic carbocycles. The third kappa shape index (κ3) is 2.89. The molecule has 8 heteroatoms. The molecule has 1 N–H and O–H groups in total. The van der Waals surface area contributed by atoms with E-state index in [0.717, 1.165) is 29.9 Å². The van der Waals surface area contributed by atoms with Crippen LogP contribution in [0.25, 0.3) is 11.4 Å². The number of rotatable bonds is 3. The zero-order valence-corrected chi connectivity index (χ0v) is 13.7. The SMILES string of the molecule is Cc1nc(-c2cc(C)[nH]n2)cc(C2CCCN2S(C)(=O)=O)n1. The van der Waals surface area contributed by atoms with E-state index in [1.54, 1.807) is 0 Å². The van der Waals surface area contributed by atoms with Gasteiger partial charge in [-0.15, -0.1) is 0 Å². The van der Waals surface area contributed by atoms with Crippen LogP contribution in [0.5, 0.6) is 0 Å². The van der Waals surface area contributed by atoms with E-state index in [9.17, 15) is 8.42 Å². The Labute approximate surface area is 129 Å². The van der Waals surface area contributed by atoms with Crippen LogP contribution in [-0.4, -0.2) is 45.7 Å². The molecule has 1 aliphatic rings. The Morgan fingerprint density at radius 3 is 2.64 bits per heavy atom. The Morgan fingerprint density at radius 1 is 1.23 bits per heavy atom. The quantitative estimate of drug-likeness (QED) is 0.926. The first-order chi connectivity index (χ1) is 10.3. The highest BCUT2D eigenvalue weighted by Crippen LogP contribution is 2.34. The molecular formula is C14H19N5O2S. The van der Waals surface area contributed by atoms with Gasteiger partial charge in [-0.25, -0.2) is 18.4 Å². The van der Waals surface area contributed by atoms with E-state index in [2.05, 4.69) is 20.2 Å². The van der Waals surface area contributed by atoms with Crippen molar-refractivity contribution in [2.45, 2.75) is 32.7 Å². The zero-order valence-electron chi connectivity index (χ0n) is 12.9. The molecular weight excluding hydrogens is 302 g/mol. The van der Waals surface area contributed by atoms with Crippen LogP contribution in [-0.2, 0) is 10.0 Å². The molecule has 0 radical (unpaired) electrons. The van der Waals surface area contributed by atoms with Crippen LogP contribution in [0.1, 0.15) is 36.1 Å². The third-order valence-electron chi connectivity index (χ3n) is 3.80. The molecule has 0 bridgehead atoms. The van der Waals surface area contributed by atoms with Gasteiger partial charge in [-0.1, -0.05) is 0 Å². The van der Waals surface area contributed by atoms with Crippen LogP contribution in [0.3, 0.4) is 0 Å². The van der Waals surface area contributed by atoms with Crippen molar-refractivity contribution in [3.63, 3.8) is 0 Å². The van der Waals surface area contributed by atoms with Gasteiger partial charge in [-0.2, -0.15) is 9.40 Å². The van der Waals surface area contributed by atoms with Crippen molar-refractivity contribution in [3.8, 4) is 11.4 Å². The molecule has 1 saturated heterocycles. The fourth-order valence-corrected chi connectivity index (χ4v) is 4.01. The molecule has 1 atom stereocenters. The van der Waals surface area contributed by atoms with Crippen LogP contribution in [0.15, 0.2) is 12.1 Å². The fraction of sp³-hybridized carbons (Fsp3) is 0.500. The van der Waals surface area contributed by atoms with Gasteiger partial charge >= 0.3 is 0 Å². The number of aryl methyl sites for hydroxylation is 2. The highest BCUT2D eigenvalue weighted by atomic mass is 32.2. The lowest BCUT2D eigenvalue weighted by molar-refractivity contribution is 0.393. The molecule has 2 aromatic heterocycles. The lowest BCUT2D eigenvalue weighted by Crippen LogP contribution is -2.30. The summed E-state index contributed by atoms with van der Waals surface area (Å²) in [6, 6.07) is 3.54. The molecule has 1 aliphatic heterocycles. The summed E-state index contributed by atoms with van der Waals surface area (Å²) in [6.07, 6.45) is 2.87. The smallest absolute Gasteiger partial charge is 0.211 e. The number of aromatic amines is 1. The van der Waals surface area contributed by atoms with E-state index in [1.165, 1.54) is 10.6 Å². The van der Waals surface area contributed by atoms with Gasteiger partial charge in [0, 0.05) is 12.2 Å². The van der Waals surface area contributed by atoms with Gasteiger partial charge in [0.15, 0.2) is 0 Å². The summed E-state index contributed by atoms with van der Waals surface area (Å²) < 4.78 is 25.4. The normalized spacial score (nSPS) is 19.7. The van der Waals surface area contributed by atoms with Gasteiger partial charge < -0.3 is 0 Å². The average molecular weight is 321 g/mol. The summed E-state index contributed by atoms with van der Waals surface area (Å²) in [7, 11) is -3.23. The zero-order chi connectivity index (χ0) is 15.9. The first-order valence-corrected chi connectivity index (χ1v) is 9.04. The molecule has 118 valence electrons. The second kappa shape index (κ2) is 5.44. The summed E-state index contributed by atoms with van der Waals surface area (Å²) in [4.78, 5) is 8.87. The van der Waals surface area contributed by atoms with Crippen molar-refractivity contribution in [1.82, 2.24) is 24.5 Å². The van der Waals surface area contributed by atoms with Crippen molar-refractivity contribution < 1.29 is 8.42 Å². The van der Waals surface area contributed by atoms with Crippen molar-refractivity contribution in [2.75, 3.05) is 12.8 Å². The molecule has 2 aromatic rings. The van der Waals surface area contributed by atoms with Crippen LogP contribution in [0.4, 0.5) is 0 Å². The molecule has 1 unspecified atom stereocenters. The van der Waals surface area contributed by atoms with Crippen LogP contribution in [0.2, 0.25) is 0 Å². The lowest BCUT2D eigenvalue weighted by Gasteiger charge is -2.22. The number of H-pyrrole nitrogens is 1. The minimum absolute atomic E-state index is 0.213. The molecule has 0 amide bonds. The Hall–Kier alpha value is -1.80. The average Bonchev–Trinajstić information content (AvgIpc) is 3.05. The van der Waals surface area contributed by atoms with E-state index < -0.39 is 10.0 Å². The van der Waals surface area contributed by atoms with Gasteiger partial charge in [-0.3, -0.25) is 5.10 Å². The molecule has 0 saturated carbocycles. The van der Waals surface area contributed by atoms with Crippen LogP contribution < -0.4 is 0 Å². The lowest BCUT2D eigenvalue weighted by atomic mass is 10.1. The first kappa shape index (κ1) is 15.1. The molecule has 3 rings (SSSR count). The highest BCUT2D eigenvalue weighted by Gasteiger charge is 2.33. The van der Waals surface area contributed by atoms with E-state index >= 15 is 0 Å². The van der Waals surface area contributed by atoms with E-state index in [1.807, 2.05) is 26.0 Å². The van der Waals surface area contributed by atoms with Crippen molar-refractivity contribution >= 4 is 10.0 Å². The van der Waals surface area contributed by atoms with Gasteiger partial charge in [0.1, 0.15) is 11.5 Å². The Bertz CT molecular complexity index is 799. The number of sulfonamides is 1. The maximum Gasteiger partial charge on any atom is 0.211 e. The molecule has 0 aromatic carbocycles. The number of hydrogen-bond acceptors (Lipinski definition) is 5. The molecule has 7 nitrogen and oxygen atoms in total. The van der Waals surface area contributed by atoms with Gasteiger partial charge in [-0.05, 0) is 38.8 Å². The number of nitrogens with zero attached hydrogens (tertiary/aromatic N) is 4. The summed E-state index contributed by atoms with van der Waals surface area (Å²) in [5.74, 6) is 0.619. The topological polar surface area (TPSA) is 91.8 Å². The first-order valence-electron chi connectivity index (χ1n) is 7.19. The fourth-order valence-electron chi connectivity index (χ4n) is 2.87. The summed E-state index contributed by atoms with van der Waals surface area (Å²) in [6.45, 7) is 4.28. The molecule has 0 spiro atoms. The van der Waals surface area contributed by atoms with Gasteiger partial charge in [0.25, 0.3) is 0 Å². The predicted molar refractivity (Wildman–Crippen MR) is 82.6 cm³/mol. The van der Waals surface area contributed by atoms with E-state index in [0.29, 0.717) is 18.1 Å². The predicted octanol–water partition coefficient (Wildman–Crippen LogP) is 1.58. The number of hydrogen-bond donors (Lipinski definition) is 1. The van der Waals surface area contributed by atoms with Crippen LogP contribution in [0, 0.1) is 13.8 Å². The number of nitrogens with one attached hydrogen (secondary N) is 1. The van der Waals surface area contributed by atoms with E-state index in [4.69, 9.17) is 0 Å². The van der Waals surface area contributed by atoms with Crippen molar-refractivity contribution in [3.05, 3.63) is 29.3 Å². The number of aromatic nitrogens is 4. The monoisotopic (exact) mass is 321 g/mol. The maximum absolute atomic E-state index is 11.9. The summed E-state index contributed by atoms with van der Waals surface area (Å²) in [5.41, 5.74) is 3.15. The van der Waals surface area contributed by atoms with Crippen LogP contribution >= 0.6 is 0 Å². The van der Waals surface area contributed by atoms with Crippen molar-refractivity contribution in [1.29, 1.82) is 0 Å². The molecule has 22 heavy (non-hydrogen) atoms. The maximum atomic E-state index is 11.9. The van der Waals surface area contributed by atoms with Crippen molar-refractivity contribution in [2.24, 2.45) is 0 Å². The largest absolute Gasteiger partial charge is 0.282 e. The standard InChI is InChI=1S/C14H19N5O2S/c1-9-7-12(18-17-9)11-8-13(16-10(2)15-11)14-5-4-6-19(14)22(3,20)21/h7-8,14H,4-6H2,1-3H3,(H,17,18). The summed E-state index contributed by atoms with van der Waals surface area (Å²) in [5, 5.41) is 7.11. The van der Waals surface area contributed by atoms with Gasteiger partial charge in [0.2, 0.25) is 10.0 Å². The molecule has 1 fully saturated rings. The second-order valence-corrected chi connectivity index (χ2v) is 7.63. The summed E-state index contributed by atoms with van der Waals surface area (Å²) >= 11 is 0. The van der Waals surface area contributed by atoms with E-state index in [-0.39, 0.29) is 6.04 Å². The second-order valence-electron chi connectivity index (χ2n) is 5.69. The molecule has 3 heterocycles. The third-order valence-corrected chi connectivity index (χ3v) is 5.09. The Balaban J connectivity index is 2.03. The minimum atomic E-state index is -3.23. The van der Waals surface area contributed by atoms with Gasteiger partial charge in [0.05, 0.1) is 23.7 Å².